The van der Waals surface area contributed by atoms with Crippen molar-refractivity contribution in [3.8, 4) is 0 Å². The molecule has 1 rings (SSSR count). The van der Waals surface area contributed by atoms with Gasteiger partial charge in [-0.25, -0.2) is 0 Å². The Kier molecular flexibility index (Phi) is 6.52. The van der Waals surface area contributed by atoms with E-state index in [9.17, 15) is 0 Å². The minimum absolute atomic E-state index is 0.279. The van der Waals surface area contributed by atoms with Crippen molar-refractivity contribution in [1.82, 2.24) is 15.1 Å². The van der Waals surface area contributed by atoms with Crippen molar-refractivity contribution in [3.63, 3.8) is 0 Å². The molecule has 0 aliphatic carbocycles. The Hall–Kier alpha value is -0.870. The summed E-state index contributed by atoms with van der Waals surface area (Å²) in [5, 5.41) is 8.17. The van der Waals surface area contributed by atoms with Crippen molar-refractivity contribution in [2.24, 2.45) is 0 Å². The highest BCUT2D eigenvalue weighted by Crippen LogP contribution is 2.21. The minimum atomic E-state index is 0.279. The number of aryl methyl sites for hydroxylation is 1. The summed E-state index contributed by atoms with van der Waals surface area (Å²) in [6.45, 7) is 15.3. The molecule has 0 aliphatic rings. The van der Waals surface area contributed by atoms with Crippen LogP contribution in [-0.2, 0) is 11.3 Å². The van der Waals surface area contributed by atoms with Gasteiger partial charge >= 0.3 is 0 Å². The van der Waals surface area contributed by atoms with Crippen LogP contribution in [0.5, 0.6) is 0 Å². The summed E-state index contributed by atoms with van der Waals surface area (Å²) in [7, 11) is 0. The molecular weight excluding hydrogens is 238 g/mol. The molecule has 1 heterocycles. The molecule has 1 unspecified atom stereocenters. The van der Waals surface area contributed by atoms with Crippen molar-refractivity contribution in [3.05, 3.63) is 17.0 Å². The number of hydrogen-bond donors (Lipinski definition) is 1. The van der Waals surface area contributed by atoms with Gasteiger partial charge in [-0.2, -0.15) is 5.10 Å². The van der Waals surface area contributed by atoms with Gasteiger partial charge in [-0.15, -0.1) is 0 Å². The molecule has 0 aromatic carbocycles. The molecule has 0 saturated carbocycles. The Morgan fingerprint density at radius 3 is 2.53 bits per heavy atom. The molecule has 0 bridgehead atoms. The van der Waals surface area contributed by atoms with Crippen molar-refractivity contribution in [2.45, 2.75) is 66.7 Å². The molecule has 0 fully saturated rings. The van der Waals surface area contributed by atoms with Crippen LogP contribution in [0.25, 0.3) is 0 Å². The van der Waals surface area contributed by atoms with Gasteiger partial charge in [0.15, 0.2) is 0 Å². The molecule has 110 valence electrons. The maximum absolute atomic E-state index is 5.60. The smallest absolute Gasteiger partial charge is 0.0666 e. The second-order valence-electron chi connectivity index (χ2n) is 5.40. The fraction of sp³-hybridized carbons (Fsp3) is 0.800. The standard InChI is InChI=1S/C15H29N3O/c1-7-8-16-12(4)15-13(5)17-18(14(15)6)9-10-19-11(2)3/h11-12,16H,7-10H2,1-6H3. The van der Waals surface area contributed by atoms with Gasteiger partial charge in [0.2, 0.25) is 0 Å². The predicted octanol–water partition coefficient (Wildman–Crippen LogP) is 2.99. The van der Waals surface area contributed by atoms with Crippen molar-refractivity contribution < 1.29 is 4.74 Å². The number of aromatic nitrogens is 2. The highest BCUT2D eigenvalue weighted by Gasteiger charge is 2.16. The van der Waals surface area contributed by atoms with Gasteiger partial charge in [-0.1, -0.05) is 6.92 Å². The van der Waals surface area contributed by atoms with E-state index in [0.29, 0.717) is 6.04 Å². The quantitative estimate of drug-likeness (QED) is 0.787. The zero-order chi connectivity index (χ0) is 14.4. The number of nitrogens with one attached hydrogen (secondary N) is 1. The molecular formula is C15H29N3O. The van der Waals surface area contributed by atoms with Crippen molar-refractivity contribution >= 4 is 0 Å². The third kappa shape index (κ3) is 4.62. The fourth-order valence-corrected chi connectivity index (χ4v) is 2.39. The van der Waals surface area contributed by atoms with E-state index in [-0.39, 0.29) is 6.10 Å². The van der Waals surface area contributed by atoms with E-state index in [0.717, 1.165) is 31.8 Å². The Morgan fingerprint density at radius 2 is 1.95 bits per heavy atom. The first-order valence-electron chi connectivity index (χ1n) is 7.36. The zero-order valence-electron chi connectivity index (χ0n) is 13.3. The van der Waals surface area contributed by atoms with Crippen LogP contribution in [0.2, 0.25) is 0 Å². The predicted molar refractivity (Wildman–Crippen MR) is 79.5 cm³/mol. The van der Waals surface area contributed by atoms with Crippen molar-refractivity contribution in [1.29, 1.82) is 0 Å². The van der Waals surface area contributed by atoms with Crippen LogP contribution < -0.4 is 5.32 Å². The molecule has 4 nitrogen and oxygen atoms in total. The molecule has 4 heteroatoms. The van der Waals surface area contributed by atoms with Crippen LogP contribution in [0, 0.1) is 13.8 Å². The van der Waals surface area contributed by atoms with E-state index in [1.165, 1.54) is 11.3 Å². The van der Waals surface area contributed by atoms with Gasteiger partial charge < -0.3 is 10.1 Å². The van der Waals surface area contributed by atoms with Gasteiger partial charge in [0.1, 0.15) is 0 Å². The van der Waals surface area contributed by atoms with E-state index in [4.69, 9.17) is 4.74 Å². The molecule has 19 heavy (non-hydrogen) atoms. The number of nitrogens with zero attached hydrogens (tertiary/aromatic N) is 2. The summed E-state index contributed by atoms with van der Waals surface area (Å²) >= 11 is 0. The first-order valence-corrected chi connectivity index (χ1v) is 7.36. The fourth-order valence-electron chi connectivity index (χ4n) is 2.39. The van der Waals surface area contributed by atoms with E-state index in [2.05, 4.69) is 56.6 Å². The molecule has 0 spiro atoms. The Balaban J connectivity index is 2.70. The highest BCUT2D eigenvalue weighted by atomic mass is 16.5. The number of rotatable bonds is 8. The van der Waals surface area contributed by atoms with E-state index in [1.807, 2.05) is 0 Å². The Labute approximate surface area is 117 Å². The van der Waals surface area contributed by atoms with Crippen LogP contribution in [0.4, 0.5) is 0 Å². The summed E-state index contributed by atoms with van der Waals surface area (Å²) < 4.78 is 7.67. The van der Waals surface area contributed by atoms with E-state index in [1.54, 1.807) is 0 Å². The second-order valence-corrected chi connectivity index (χ2v) is 5.40. The number of hydrogen-bond acceptors (Lipinski definition) is 3. The normalized spacial score (nSPS) is 13.2. The topological polar surface area (TPSA) is 39.1 Å². The molecule has 1 N–H and O–H groups in total. The minimum Gasteiger partial charge on any atom is -0.377 e. The first kappa shape index (κ1) is 16.2. The maximum Gasteiger partial charge on any atom is 0.0666 e. The summed E-state index contributed by atoms with van der Waals surface area (Å²) in [6, 6.07) is 0.361. The van der Waals surface area contributed by atoms with Gasteiger partial charge in [0.05, 0.1) is 24.9 Å². The molecule has 0 aliphatic heterocycles. The third-order valence-corrected chi connectivity index (χ3v) is 3.33. The molecule has 0 saturated heterocycles. The van der Waals surface area contributed by atoms with Crippen molar-refractivity contribution in [2.75, 3.05) is 13.2 Å². The lowest BCUT2D eigenvalue weighted by Gasteiger charge is -2.14. The van der Waals surface area contributed by atoms with Crippen LogP contribution >= 0.6 is 0 Å². The molecule has 1 aromatic heterocycles. The van der Waals surface area contributed by atoms with Crippen LogP contribution in [0.15, 0.2) is 0 Å². The molecule has 1 aromatic rings. The molecule has 0 amide bonds. The first-order chi connectivity index (χ1) is 8.97. The molecule has 0 radical (unpaired) electrons. The lowest BCUT2D eigenvalue weighted by Crippen LogP contribution is -2.20. The monoisotopic (exact) mass is 267 g/mol. The average Bonchev–Trinajstić information content (AvgIpc) is 2.61. The lowest BCUT2D eigenvalue weighted by atomic mass is 10.1. The second kappa shape index (κ2) is 7.65. The lowest BCUT2D eigenvalue weighted by molar-refractivity contribution is 0.0706. The highest BCUT2D eigenvalue weighted by molar-refractivity contribution is 5.27. The van der Waals surface area contributed by atoms with E-state index >= 15 is 0 Å². The molecule has 1 atom stereocenters. The van der Waals surface area contributed by atoms with Gasteiger partial charge in [0, 0.05) is 17.3 Å². The average molecular weight is 267 g/mol. The van der Waals surface area contributed by atoms with Crippen LogP contribution in [0.3, 0.4) is 0 Å². The summed E-state index contributed by atoms with van der Waals surface area (Å²) in [5.74, 6) is 0. The maximum atomic E-state index is 5.60. The Bertz CT molecular complexity index is 385. The third-order valence-electron chi connectivity index (χ3n) is 3.33. The zero-order valence-corrected chi connectivity index (χ0v) is 13.3. The van der Waals surface area contributed by atoms with Gasteiger partial charge in [0.25, 0.3) is 0 Å². The largest absolute Gasteiger partial charge is 0.377 e. The summed E-state index contributed by atoms with van der Waals surface area (Å²) in [6.07, 6.45) is 1.43. The van der Waals surface area contributed by atoms with E-state index < -0.39 is 0 Å². The number of ether oxygens (including phenoxy) is 1. The summed E-state index contributed by atoms with van der Waals surface area (Å²) in [4.78, 5) is 0. The van der Waals surface area contributed by atoms with Gasteiger partial charge in [-0.3, -0.25) is 4.68 Å². The van der Waals surface area contributed by atoms with Crippen LogP contribution in [-0.4, -0.2) is 29.0 Å². The Morgan fingerprint density at radius 1 is 1.26 bits per heavy atom. The SMILES string of the molecule is CCCNC(C)c1c(C)nn(CCOC(C)C)c1C. The summed E-state index contributed by atoms with van der Waals surface area (Å²) in [5.41, 5.74) is 3.71. The van der Waals surface area contributed by atoms with Crippen LogP contribution in [0.1, 0.15) is 57.1 Å². The van der Waals surface area contributed by atoms with Gasteiger partial charge in [-0.05, 0) is 47.6 Å².